The second-order valence-corrected chi connectivity index (χ2v) is 8.01. The van der Waals surface area contributed by atoms with Gasteiger partial charge in [0.15, 0.2) is 0 Å². The van der Waals surface area contributed by atoms with Gasteiger partial charge >= 0.3 is 8.80 Å². The fraction of sp³-hybridized carbons (Fsp3) is 1.00. The molecule has 0 radical (unpaired) electrons. The van der Waals surface area contributed by atoms with E-state index in [-0.39, 0.29) is 12.1 Å². The van der Waals surface area contributed by atoms with Crippen LogP contribution >= 0.6 is 0 Å². The van der Waals surface area contributed by atoms with E-state index >= 15 is 0 Å². The molecule has 8 heteroatoms. The maximum absolute atomic E-state index is 9.74. The standard InChI is InChI=1S/C11H30N3O4Si/c1-14(2,3)10-11(15)9-13-7-6-12-5-4-8-19(16,17)18/h11-13,15-18H,4-10H2,1-3H3/q+1. The first-order chi connectivity index (χ1) is 8.60. The highest BCUT2D eigenvalue weighted by Crippen LogP contribution is 1.99. The fourth-order valence-electron chi connectivity index (χ4n) is 1.72. The molecule has 0 aliphatic heterocycles. The molecule has 116 valence electrons. The van der Waals surface area contributed by atoms with Gasteiger partial charge in [-0.25, -0.2) is 0 Å². The highest BCUT2D eigenvalue weighted by molar-refractivity contribution is 6.56. The number of likely N-dealkylation sites (N-methyl/N-ethyl adjacent to an activating group) is 1. The topological polar surface area (TPSA) is 105 Å². The summed E-state index contributed by atoms with van der Waals surface area (Å²) in [5.41, 5.74) is 0. The van der Waals surface area contributed by atoms with Gasteiger partial charge in [0.2, 0.25) is 0 Å². The first kappa shape index (κ1) is 18.9. The predicted molar refractivity (Wildman–Crippen MR) is 76.5 cm³/mol. The number of nitrogens with one attached hydrogen (secondary N) is 2. The largest absolute Gasteiger partial charge is 0.492 e. The molecule has 0 aromatic heterocycles. The van der Waals surface area contributed by atoms with Gasteiger partial charge in [0, 0.05) is 25.7 Å². The average Bonchev–Trinajstić information content (AvgIpc) is 2.17. The normalized spacial score (nSPS) is 14.7. The van der Waals surface area contributed by atoms with Crippen LogP contribution in [0.5, 0.6) is 0 Å². The zero-order valence-electron chi connectivity index (χ0n) is 12.3. The van der Waals surface area contributed by atoms with Crippen molar-refractivity contribution in [3.8, 4) is 0 Å². The Bertz CT molecular complexity index is 231. The van der Waals surface area contributed by atoms with Crippen molar-refractivity contribution in [3.63, 3.8) is 0 Å². The van der Waals surface area contributed by atoms with E-state index < -0.39 is 8.80 Å². The van der Waals surface area contributed by atoms with Gasteiger partial charge in [0.1, 0.15) is 12.6 Å². The van der Waals surface area contributed by atoms with Gasteiger partial charge in [-0.15, -0.1) is 0 Å². The quantitative estimate of drug-likeness (QED) is 0.144. The Labute approximate surface area is 116 Å². The summed E-state index contributed by atoms with van der Waals surface area (Å²) in [5, 5.41) is 16.0. The number of nitrogens with zero attached hydrogens (tertiary/aromatic N) is 1. The third-order valence-corrected chi connectivity index (χ3v) is 3.51. The molecule has 0 bridgehead atoms. The first-order valence-corrected chi connectivity index (χ1v) is 8.72. The van der Waals surface area contributed by atoms with Crippen LogP contribution in [0.25, 0.3) is 0 Å². The van der Waals surface area contributed by atoms with Crippen LogP contribution < -0.4 is 10.6 Å². The van der Waals surface area contributed by atoms with Crippen molar-refractivity contribution in [2.24, 2.45) is 0 Å². The van der Waals surface area contributed by atoms with E-state index in [9.17, 15) is 5.11 Å². The Hall–Kier alpha value is -0.0631. The summed E-state index contributed by atoms with van der Waals surface area (Å²) in [6.45, 7) is 3.40. The van der Waals surface area contributed by atoms with Crippen molar-refractivity contribution in [2.75, 3.05) is 53.9 Å². The lowest BCUT2D eigenvalue weighted by atomic mass is 10.3. The maximum atomic E-state index is 9.74. The Morgan fingerprint density at radius 1 is 1.00 bits per heavy atom. The van der Waals surface area contributed by atoms with Gasteiger partial charge in [0.05, 0.1) is 21.1 Å². The van der Waals surface area contributed by atoms with Crippen LogP contribution in [0.3, 0.4) is 0 Å². The van der Waals surface area contributed by atoms with Crippen molar-refractivity contribution in [1.82, 2.24) is 10.6 Å². The molecule has 1 unspecified atom stereocenters. The van der Waals surface area contributed by atoms with E-state index in [0.29, 0.717) is 26.1 Å². The lowest BCUT2D eigenvalue weighted by Gasteiger charge is -2.26. The van der Waals surface area contributed by atoms with E-state index in [1.54, 1.807) is 0 Å². The molecule has 0 aliphatic carbocycles. The summed E-state index contributed by atoms with van der Waals surface area (Å²) in [6.07, 6.45) is 0.185. The Morgan fingerprint density at radius 3 is 2.11 bits per heavy atom. The molecule has 0 heterocycles. The molecule has 6 N–H and O–H groups in total. The van der Waals surface area contributed by atoms with E-state index in [4.69, 9.17) is 14.4 Å². The number of aliphatic hydroxyl groups is 1. The second-order valence-electron chi connectivity index (χ2n) is 5.96. The van der Waals surface area contributed by atoms with Crippen molar-refractivity contribution in [3.05, 3.63) is 0 Å². The summed E-state index contributed by atoms with van der Waals surface area (Å²) in [7, 11) is 2.26. The highest BCUT2D eigenvalue weighted by atomic mass is 28.4. The van der Waals surface area contributed by atoms with Crippen LogP contribution in [0.4, 0.5) is 0 Å². The fourth-order valence-corrected chi connectivity index (χ4v) is 2.37. The summed E-state index contributed by atoms with van der Waals surface area (Å²) in [6, 6.07) is 0.0651. The lowest BCUT2D eigenvalue weighted by molar-refractivity contribution is -0.873. The van der Waals surface area contributed by atoms with E-state index in [1.807, 2.05) is 21.1 Å². The van der Waals surface area contributed by atoms with Crippen LogP contribution in [0.1, 0.15) is 6.42 Å². The summed E-state index contributed by atoms with van der Waals surface area (Å²) >= 11 is 0. The van der Waals surface area contributed by atoms with E-state index in [2.05, 4.69) is 10.6 Å². The summed E-state index contributed by atoms with van der Waals surface area (Å²) in [5.74, 6) is 0. The number of rotatable bonds is 11. The molecule has 7 nitrogen and oxygen atoms in total. The Morgan fingerprint density at radius 2 is 1.58 bits per heavy atom. The van der Waals surface area contributed by atoms with Crippen molar-refractivity contribution in [2.45, 2.75) is 18.6 Å². The molecule has 0 saturated heterocycles. The molecule has 1 atom stereocenters. The highest BCUT2D eigenvalue weighted by Gasteiger charge is 2.25. The number of quaternary nitrogens is 1. The van der Waals surface area contributed by atoms with E-state index in [0.717, 1.165) is 17.6 Å². The predicted octanol–water partition coefficient (Wildman–Crippen LogP) is -2.46. The summed E-state index contributed by atoms with van der Waals surface area (Å²) < 4.78 is 0.732. The van der Waals surface area contributed by atoms with E-state index in [1.165, 1.54) is 0 Å². The Balaban J connectivity index is 3.32. The van der Waals surface area contributed by atoms with Crippen molar-refractivity contribution in [1.29, 1.82) is 0 Å². The lowest BCUT2D eigenvalue weighted by Crippen LogP contribution is -2.45. The molecule has 19 heavy (non-hydrogen) atoms. The second kappa shape index (κ2) is 8.98. The maximum Gasteiger partial charge on any atom is 0.492 e. The first-order valence-electron chi connectivity index (χ1n) is 6.67. The molecule has 0 aromatic rings. The molecular formula is C11H30N3O4Si+. The average molecular weight is 296 g/mol. The molecule has 0 amide bonds. The zero-order valence-corrected chi connectivity index (χ0v) is 13.3. The minimum absolute atomic E-state index is 0.0651. The van der Waals surface area contributed by atoms with Crippen LogP contribution in [0.2, 0.25) is 6.04 Å². The molecule has 0 rings (SSSR count). The van der Waals surface area contributed by atoms with Gasteiger partial charge in [-0.1, -0.05) is 0 Å². The smallest absolute Gasteiger partial charge is 0.390 e. The van der Waals surface area contributed by atoms with Crippen LogP contribution in [0, 0.1) is 0 Å². The minimum atomic E-state index is -3.86. The zero-order chi connectivity index (χ0) is 14.9. The SMILES string of the molecule is C[N+](C)(C)CC(O)CNCCNCCC[Si](O)(O)O. The molecule has 0 fully saturated rings. The molecule has 0 aromatic carbocycles. The third kappa shape index (κ3) is 15.9. The van der Waals surface area contributed by atoms with Crippen LogP contribution in [-0.2, 0) is 0 Å². The number of hydrogen-bond donors (Lipinski definition) is 6. The molecule has 0 spiro atoms. The van der Waals surface area contributed by atoms with Gasteiger partial charge in [-0.2, -0.15) is 0 Å². The summed E-state index contributed by atoms with van der Waals surface area (Å²) in [4.78, 5) is 26.4. The van der Waals surface area contributed by atoms with Gasteiger partial charge in [0.25, 0.3) is 0 Å². The van der Waals surface area contributed by atoms with Gasteiger partial charge in [-0.3, -0.25) is 0 Å². The van der Waals surface area contributed by atoms with Gasteiger partial charge < -0.3 is 34.6 Å². The monoisotopic (exact) mass is 296 g/mol. The molecule has 0 aliphatic rings. The Kier molecular flexibility index (Phi) is 8.95. The molecular weight excluding hydrogens is 266 g/mol. The van der Waals surface area contributed by atoms with Crippen LogP contribution in [0.15, 0.2) is 0 Å². The third-order valence-electron chi connectivity index (χ3n) is 2.48. The van der Waals surface area contributed by atoms with Crippen LogP contribution in [-0.4, -0.2) is 92.8 Å². The van der Waals surface area contributed by atoms with Crippen molar-refractivity contribution >= 4 is 8.80 Å². The van der Waals surface area contributed by atoms with Crippen molar-refractivity contribution < 1.29 is 24.0 Å². The molecule has 0 saturated carbocycles. The minimum Gasteiger partial charge on any atom is -0.390 e. The number of hydrogen-bond acceptors (Lipinski definition) is 6. The number of aliphatic hydroxyl groups excluding tert-OH is 1. The van der Waals surface area contributed by atoms with Gasteiger partial charge in [-0.05, 0) is 13.0 Å².